The summed E-state index contributed by atoms with van der Waals surface area (Å²) in [4.78, 5) is 12.4. The summed E-state index contributed by atoms with van der Waals surface area (Å²) in [6, 6.07) is 11.5. The van der Waals surface area contributed by atoms with Gasteiger partial charge in [-0.1, -0.05) is 12.1 Å². The van der Waals surface area contributed by atoms with Gasteiger partial charge in [0.15, 0.2) is 9.84 Å². The molecule has 0 aliphatic carbocycles. The van der Waals surface area contributed by atoms with E-state index in [1.54, 1.807) is 12.1 Å². The number of aromatic nitrogens is 2. The summed E-state index contributed by atoms with van der Waals surface area (Å²) in [7, 11) is -3.25. The monoisotopic (exact) mass is 453 g/mol. The number of morpholine rings is 1. The minimum absolute atomic E-state index is 0.0871. The number of sulfone groups is 1. The zero-order valence-electron chi connectivity index (χ0n) is 18.2. The van der Waals surface area contributed by atoms with Gasteiger partial charge in [-0.3, -0.25) is 10.4 Å². The van der Waals surface area contributed by atoms with E-state index in [0.717, 1.165) is 53.1 Å². The summed E-state index contributed by atoms with van der Waals surface area (Å²) in [5, 5.41) is 1.00. The number of rotatable bonds is 4. The number of hydrazine groups is 1. The average Bonchev–Trinajstić information content (AvgIpc) is 3.32. The first kappa shape index (κ1) is 21.3. The maximum absolute atomic E-state index is 11.9. The number of hydrogen-bond acceptors (Lipinski definition) is 8. The largest absolute Gasteiger partial charge is 0.377 e. The van der Waals surface area contributed by atoms with Gasteiger partial charge >= 0.3 is 0 Å². The summed E-state index contributed by atoms with van der Waals surface area (Å²) in [5.74, 6) is 0.885. The third-order valence-corrected chi connectivity index (χ3v) is 7.29. The van der Waals surface area contributed by atoms with Gasteiger partial charge in [0, 0.05) is 30.9 Å². The minimum atomic E-state index is -3.25. The molecule has 0 bridgehead atoms. The third kappa shape index (κ3) is 3.97. The standard InChI is InChI=1S/C23H27N5O3S/c1-15-14-31-12-11-28(15)21-13-19(16-3-5-17(6-4-16)32(2,29)30)18-7-9-24-23(22(18)26-21)20-8-10-25-27-20/h3-7,9,13,15,20,25,27H,8,10-12,14H2,1-2H3/t15-,20?/m1/s1. The second kappa shape index (κ2) is 8.40. The van der Waals surface area contributed by atoms with Gasteiger partial charge in [-0.2, -0.15) is 0 Å². The van der Waals surface area contributed by atoms with Crippen molar-refractivity contribution in [2.24, 2.45) is 0 Å². The van der Waals surface area contributed by atoms with Crippen LogP contribution in [0.5, 0.6) is 0 Å². The van der Waals surface area contributed by atoms with Crippen molar-refractivity contribution >= 4 is 26.6 Å². The van der Waals surface area contributed by atoms with Crippen LogP contribution in [0.4, 0.5) is 5.82 Å². The van der Waals surface area contributed by atoms with Crippen LogP contribution in [-0.4, -0.2) is 57.0 Å². The Bertz CT molecular complexity index is 1240. The Balaban J connectivity index is 1.70. The Hall–Kier alpha value is -2.59. The van der Waals surface area contributed by atoms with Crippen LogP contribution in [0.1, 0.15) is 25.1 Å². The van der Waals surface area contributed by atoms with Crippen molar-refractivity contribution in [3.05, 3.63) is 48.3 Å². The summed E-state index contributed by atoms with van der Waals surface area (Å²) in [5.41, 5.74) is 10.2. The zero-order chi connectivity index (χ0) is 22.3. The number of anilines is 1. The molecule has 2 N–H and O–H groups in total. The topological polar surface area (TPSA) is 96.5 Å². The molecule has 2 aliphatic heterocycles. The molecule has 168 valence electrons. The SMILES string of the molecule is C[C@@H]1COCCN1c1cc(-c2ccc(S(C)(=O)=O)cc2)c2ccnc(C3CCNN3)c2n1. The molecule has 5 rings (SSSR count). The molecule has 3 aromatic rings. The first-order chi connectivity index (χ1) is 15.4. The van der Waals surface area contributed by atoms with Crippen molar-refractivity contribution in [2.45, 2.75) is 30.3 Å². The molecule has 2 saturated heterocycles. The Labute approximate surface area is 187 Å². The number of benzene rings is 1. The summed E-state index contributed by atoms with van der Waals surface area (Å²) in [6.07, 6.45) is 3.98. The van der Waals surface area contributed by atoms with E-state index >= 15 is 0 Å². The molecule has 0 saturated carbocycles. The molecule has 0 amide bonds. The maximum atomic E-state index is 11.9. The summed E-state index contributed by atoms with van der Waals surface area (Å²) >= 11 is 0. The predicted molar refractivity (Wildman–Crippen MR) is 124 cm³/mol. The van der Waals surface area contributed by atoms with Gasteiger partial charge in [0.25, 0.3) is 0 Å². The lowest BCUT2D eigenvalue weighted by Crippen LogP contribution is -2.44. The molecule has 2 fully saturated rings. The highest BCUT2D eigenvalue weighted by Crippen LogP contribution is 2.35. The molecule has 1 aromatic carbocycles. The molecular formula is C23H27N5O3S. The van der Waals surface area contributed by atoms with Gasteiger partial charge in [-0.15, -0.1) is 0 Å². The normalized spacial score (nSPS) is 21.9. The molecule has 2 aliphatic rings. The van der Waals surface area contributed by atoms with Crippen molar-refractivity contribution in [2.75, 3.05) is 37.5 Å². The molecule has 4 heterocycles. The molecule has 9 heteroatoms. The van der Waals surface area contributed by atoms with Crippen molar-refractivity contribution < 1.29 is 13.2 Å². The fourth-order valence-corrected chi connectivity index (χ4v) is 5.07. The molecule has 2 aromatic heterocycles. The van der Waals surface area contributed by atoms with Crippen molar-refractivity contribution in [3.8, 4) is 11.1 Å². The van der Waals surface area contributed by atoms with E-state index in [2.05, 4.69) is 33.7 Å². The van der Waals surface area contributed by atoms with Crippen LogP contribution in [-0.2, 0) is 14.6 Å². The van der Waals surface area contributed by atoms with Crippen LogP contribution in [0.2, 0.25) is 0 Å². The maximum Gasteiger partial charge on any atom is 0.175 e. The van der Waals surface area contributed by atoms with E-state index in [-0.39, 0.29) is 12.1 Å². The quantitative estimate of drug-likeness (QED) is 0.622. The van der Waals surface area contributed by atoms with Crippen LogP contribution < -0.4 is 15.8 Å². The van der Waals surface area contributed by atoms with Crippen LogP contribution >= 0.6 is 0 Å². The number of fused-ring (bicyclic) bond motifs is 1. The van der Waals surface area contributed by atoms with E-state index < -0.39 is 9.84 Å². The number of ether oxygens (including phenoxy) is 1. The highest BCUT2D eigenvalue weighted by Gasteiger charge is 2.25. The van der Waals surface area contributed by atoms with Crippen LogP contribution in [0, 0.1) is 0 Å². The lowest BCUT2D eigenvalue weighted by Gasteiger charge is -2.34. The average molecular weight is 454 g/mol. The molecule has 1 unspecified atom stereocenters. The smallest absolute Gasteiger partial charge is 0.175 e. The molecule has 2 atom stereocenters. The van der Waals surface area contributed by atoms with Crippen LogP contribution in [0.25, 0.3) is 22.0 Å². The first-order valence-corrected chi connectivity index (χ1v) is 12.7. The van der Waals surface area contributed by atoms with E-state index in [1.165, 1.54) is 6.26 Å². The third-order valence-electron chi connectivity index (χ3n) is 6.16. The van der Waals surface area contributed by atoms with Gasteiger partial charge in [0.1, 0.15) is 5.82 Å². The molecule has 0 radical (unpaired) electrons. The van der Waals surface area contributed by atoms with Crippen molar-refractivity contribution in [1.29, 1.82) is 0 Å². The second-order valence-corrected chi connectivity index (χ2v) is 10.5. The number of pyridine rings is 2. The Kier molecular flexibility index (Phi) is 5.58. The van der Waals surface area contributed by atoms with Gasteiger partial charge in [-0.05, 0) is 48.7 Å². The van der Waals surface area contributed by atoms with Crippen LogP contribution in [0.3, 0.4) is 0 Å². The Morgan fingerprint density at radius 3 is 2.69 bits per heavy atom. The van der Waals surface area contributed by atoms with E-state index in [9.17, 15) is 8.42 Å². The van der Waals surface area contributed by atoms with Crippen LogP contribution in [0.15, 0.2) is 47.5 Å². The molecule has 32 heavy (non-hydrogen) atoms. The summed E-state index contributed by atoms with van der Waals surface area (Å²) in [6.45, 7) is 5.11. The molecule has 8 nitrogen and oxygen atoms in total. The number of hydrogen-bond donors (Lipinski definition) is 2. The van der Waals surface area contributed by atoms with Crippen molar-refractivity contribution in [3.63, 3.8) is 0 Å². The second-order valence-electron chi connectivity index (χ2n) is 8.45. The minimum Gasteiger partial charge on any atom is -0.377 e. The number of nitrogens with zero attached hydrogens (tertiary/aromatic N) is 3. The van der Waals surface area contributed by atoms with Gasteiger partial charge in [-0.25, -0.2) is 18.8 Å². The predicted octanol–water partition coefficient (Wildman–Crippen LogP) is 2.46. The summed E-state index contributed by atoms with van der Waals surface area (Å²) < 4.78 is 29.5. The van der Waals surface area contributed by atoms with Gasteiger partial charge < -0.3 is 9.64 Å². The van der Waals surface area contributed by atoms with Crippen molar-refractivity contribution in [1.82, 2.24) is 20.8 Å². The fraction of sp³-hybridized carbons (Fsp3) is 0.391. The lowest BCUT2D eigenvalue weighted by atomic mass is 9.99. The fourth-order valence-electron chi connectivity index (χ4n) is 4.44. The van der Waals surface area contributed by atoms with E-state index in [4.69, 9.17) is 9.72 Å². The lowest BCUT2D eigenvalue weighted by molar-refractivity contribution is 0.0986. The van der Waals surface area contributed by atoms with E-state index in [1.807, 2.05) is 24.4 Å². The highest BCUT2D eigenvalue weighted by atomic mass is 32.2. The Morgan fingerprint density at radius 1 is 1.19 bits per heavy atom. The van der Waals surface area contributed by atoms with Gasteiger partial charge in [0.2, 0.25) is 0 Å². The van der Waals surface area contributed by atoms with E-state index in [0.29, 0.717) is 18.1 Å². The first-order valence-electron chi connectivity index (χ1n) is 10.8. The highest BCUT2D eigenvalue weighted by molar-refractivity contribution is 7.90. The Morgan fingerprint density at radius 2 is 2.00 bits per heavy atom. The zero-order valence-corrected chi connectivity index (χ0v) is 19.0. The van der Waals surface area contributed by atoms with Gasteiger partial charge in [0.05, 0.1) is 41.4 Å². The molecular weight excluding hydrogens is 426 g/mol. The number of nitrogens with one attached hydrogen (secondary N) is 2. The molecule has 0 spiro atoms.